The molecule has 0 aliphatic heterocycles. The number of ether oxygens (including phenoxy) is 1. The minimum absolute atomic E-state index is 0.103. The molecule has 3 aromatic rings. The predicted octanol–water partition coefficient (Wildman–Crippen LogP) is 3.29. The van der Waals surface area contributed by atoms with Gasteiger partial charge in [-0.25, -0.2) is 23.5 Å². The fourth-order valence-electron chi connectivity index (χ4n) is 2.94. The summed E-state index contributed by atoms with van der Waals surface area (Å²) in [6, 6.07) is 13.3. The van der Waals surface area contributed by atoms with Crippen LogP contribution in [0, 0.1) is 13.8 Å². The smallest absolute Gasteiger partial charge is 0.255 e. The maximum absolute atomic E-state index is 12.9. The normalized spacial score (nSPS) is 11.2. The number of nitrogens with zero attached hydrogens (tertiary/aromatic N) is 2. The highest BCUT2D eigenvalue weighted by Gasteiger charge is 2.18. The molecule has 162 valence electrons. The number of amides is 1. The van der Waals surface area contributed by atoms with Crippen LogP contribution >= 0.6 is 11.8 Å². The van der Waals surface area contributed by atoms with Gasteiger partial charge in [-0.2, -0.15) is 0 Å². The monoisotopic (exact) mass is 458 g/mol. The number of nitrogens with one attached hydrogen (secondary N) is 1. The van der Waals surface area contributed by atoms with Crippen LogP contribution in [0.1, 0.15) is 27.3 Å². The van der Waals surface area contributed by atoms with E-state index in [-0.39, 0.29) is 22.2 Å². The second-order valence-corrected chi connectivity index (χ2v) is 9.22. The highest BCUT2D eigenvalue weighted by atomic mass is 32.2. The molecule has 10 heteroatoms. The first-order valence-corrected chi connectivity index (χ1v) is 11.8. The van der Waals surface area contributed by atoms with Crippen LogP contribution in [-0.4, -0.2) is 31.4 Å². The van der Waals surface area contributed by atoms with Gasteiger partial charge in [-0.15, -0.1) is 0 Å². The van der Waals surface area contributed by atoms with Gasteiger partial charge in [0.25, 0.3) is 5.91 Å². The lowest BCUT2D eigenvalue weighted by molar-refractivity contribution is 0.102. The SMILES string of the molecule is COc1ccc(NC(=O)c2ccccc2CSc2nc(C)cc(C)n2)cc1S(N)(=O)=O. The first-order valence-electron chi connectivity index (χ1n) is 9.22. The second-order valence-electron chi connectivity index (χ2n) is 6.74. The predicted molar refractivity (Wildman–Crippen MR) is 120 cm³/mol. The van der Waals surface area contributed by atoms with E-state index in [1.807, 2.05) is 32.0 Å². The number of hydrogen-bond donors (Lipinski definition) is 2. The molecule has 0 spiro atoms. The second kappa shape index (κ2) is 9.46. The van der Waals surface area contributed by atoms with Crippen molar-refractivity contribution in [2.75, 3.05) is 12.4 Å². The third-order valence-electron chi connectivity index (χ3n) is 4.31. The molecule has 3 N–H and O–H groups in total. The average Bonchev–Trinajstić information content (AvgIpc) is 2.71. The molecule has 0 fully saturated rings. The molecule has 0 radical (unpaired) electrons. The van der Waals surface area contributed by atoms with E-state index in [9.17, 15) is 13.2 Å². The van der Waals surface area contributed by atoms with Gasteiger partial charge in [-0.3, -0.25) is 4.79 Å². The molecular weight excluding hydrogens is 436 g/mol. The van der Waals surface area contributed by atoms with Gasteiger partial charge in [0.05, 0.1) is 7.11 Å². The number of carbonyl (C=O) groups is 1. The Labute approximate surface area is 185 Å². The summed E-state index contributed by atoms with van der Waals surface area (Å²) in [6.07, 6.45) is 0. The van der Waals surface area contributed by atoms with Crippen molar-refractivity contribution < 1.29 is 17.9 Å². The number of sulfonamides is 1. The molecule has 3 rings (SSSR count). The molecule has 0 atom stereocenters. The average molecular weight is 459 g/mol. The quantitative estimate of drug-likeness (QED) is 0.411. The van der Waals surface area contributed by atoms with Gasteiger partial charge in [-0.05, 0) is 49.7 Å². The maximum Gasteiger partial charge on any atom is 0.255 e. The number of nitrogens with two attached hydrogens (primary N) is 1. The fraction of sp³-hybridized carbons (Fsp3) is 0.190. The zero-order valence-corrected chi connectivity index (χ0v) is 18.9. The Bertz CT molecular complexity index is 1210. The van der Waals surface area contributed by atoms with Crippen molar-refractivity contribution in [1.82, 2.24) is 9.97 Å². The molecule has 31 heavy (non-hydrogen) atoms. The summed E-state index contributed by atoms with van der Waals surface area (Å²) in [4.78, 5) is 21.5. The molecule has 0 unspecified atom stereocenters. The Hall–Kier alpha value is -2.95. The molecular formula is C21H22N4O4S2. The minimum Gasteiger partial charge on any atom is -0.495 e. The summed E-state index contributed by atoms with van der Waals surface area (Å²) in [5, 5.41) is 8.61. The van der Waals surface area contributed by atoms with Gasteiger partial charge in [0, 0.05) is 28.4 Å². The standard InChI is InChI=1S/C21H22N4O4S2/c1-13-10-14(2)24-21(23-13)30-12-15-6-4-5-7-17(15)20(26)25-16-8-9-18(29-3)19(11-16)31(22,27)28/h4-11H,12H2,1-3H3,(H,25,26)(H2,22,27,28). The van der Waals surface area contributed by atoms with Crippen molar-refractivity contribution in [3.8, 4) is 5.75 Å². The first-order chi connectivity index (χ1) is 14.7. The van der Waals surface area contributed by atoms with E-state index in [0.29, 0.717) is 16.5 Å². The lowest BCUT2D eigenvalue weighted by atomic mass is 10.1. The number of aryl methyl sites for hydroxylation is 2. The van der Waals surface area contributed by atoms with Crippen LogP contribution in [-0.2, 0) is 15.8 Å². The number of carbonyl (C=O) groups excluding carboxylic acids is 1. The topological polar surface area (TPSA) is 124 Å². The number of aromatic nitrogens is 2. The fourth-order valence-corrected chi connectivity index (χ4v) is 4.62. The Balaban J connectivity index is 1.82. The number of rotatable bonds is 7. The Morgan fingerprint density at radius 3 is 2.42 bits per heavy atom. The van der Waals surface area contributed by atoms with Crippen molar-refractivity contribution in [2.45, 2.75) is 29.7 Å². The van der Waals surface area contributed by atoms with E-state index in [1.165, 1.54) is 31.0 Å². The highest BCUT2D eigenvalue weighted by Crippen LogP contribution is 2.27. The summed E-state index contributed by atoms with van der Waals surface area (Å²) in [5.74, 6) is 0.228. The Morgan fingerprint density at radius 1 is 1.10 bits per heavy atom. The summed E-state index contributed by atoms with van der Waals surface area (Å²) in [5.41, 5.74) is 3.31. The number of primary sulfonamides is 1. The summed E-state index contributed by atoms with van der Waals surface area (Å²) >= 11 is 1.44. The zero-order valence-electron chi connectivity index (χ0n) is 17.2. The molecule has 0 saturated heterocycles. The lowest BCUT2D eigenvalue weighted by Gasteiger charge is -2.12. The van der Waals surface area contributed by atoms with Crippen LogP contribution in [0.25, 0.3) is 0 Å². The van der Waals surface area contributed by atoms with Crippen LogP contribution in [0.4, 0.5) is 5.69 Å². The lowest BCUT2D eigenvalue weighted by Crippen LogP contribution is -2.16. The number of hydrogen-bond acceptors (Lipinski definition) is 7. The molecule has 0 aliphatic carbocycles. The molecule has 1 heterocycles. The highest BCUT2D eigenvalue weighted by molar-refractivity contribution is 7.98. The van der Waals surface area contributed by atoms with Gasteiger partial charge in [0.15, 0.2) is 5.16 Å². The van der Waals surface area contributed by atoms with E-state index in [0.717, 1.165) is 17.0 Å². The van der Waals surface area contributed by atoms with Crippen molar-refractivity contribution >= 4 is 33.4 Å². The largest absolute Gasteiger partial charge is 0.495 e. The Morgan fingerprint density at radius 2 is 1.77 bits per heavy atom. The van der Waals surface area contributed by atoms with Gasteiger partial charge < -0.3 is 10.1 Å². The first kappa shape index (κ1) is 22.7. The van der Waals surface area contributed by atoms with Gasteiger partial charge in [-0.1, -0.05) is 30.0 Å². The molecule has 1 aromatic heterocycles. The van der Waals surface area contributed by atoms with Crippen LogP contribution in [0.15, 0.2) is 58.6 Å². The number of methoxy groups -OCH3 is 1. The van der Waals surface area contributed by atoms with E-state index < -0.39 is 10.0 Å². The van der Waals surface area contributed by atoms with Gasteiger partial charge in [0.1, 0.15) is 10.6 Å². The summed E-state index contributed by atoms with van der Waals surface area (Å²) in [6.45, 7) is 3.82. The van der Waals surface area contributed by atoms with Crippen molar-refractivity contribution in [3.63, 3.8) is 0 Å². The number of benzene rings is 2. The molecule has 0 saturated carbocycles. The van der Waals surface area contributed by atoms with E-state index >= 15 is 0 Å². The third kappa shape index (κ3) is 5.81. The van der Waals surface area contributed by atoms with Crippen LogP contribution in [0.2, 0.25) is 0 Å². The van der Waals surface area contributed by atoms with Crippen LogP contribution in [0.5, 0.6) is 5.75 Å². The zero-order chi connectivity index (χ0) is 22.6. The Kier molecular flexibility index (Phi) is 6.94. The molecule has 8 nitrogen and oxygen atoms in total. The van der Waals surface area contributed by atoms with Crippen LogP contribution < -0.4 is 15.2 Å². The van der Waals surface area contributed by atoms with Crippen molar-refractivity contribution in [3.05, 3.63) is 71.0 Å². The van der Waals surface area contributed by atoms with Crippen molar-refractivity contribution in [1.29, 1.82) is 0 Å². The van der Waals surface area contributed by atoms with Gasteiger partial charge >= 0.3 is 0 Å². The minimum atomic E-state index is -4.02. The van der Waals surface area contributed by atoms with E-state index in [4.69, 9.17) is 9.88 Å². The maximum atomic E-state index is 12.9. The molecule has 1 amide bonds. The van der Waals surface area contributed by atoms with Crippen molar-refractivity contribution in [2.24, 2.45) is 5.14 Å². The molecule has 0 bridgehead atoms. The number of anilines is 1. The van der Waals surface area contributed by atoms with Crippen LogP contribution in [0.3, 0.4) is 0 Å². The van der Waals surface area contributed by atoms with E-state index in [1.54, 1.807) is 18.2 Å². The number of thioether (sulfide) groups is 1. The third-order valence-corrected chi connectivity index (χ3v) is 6.14. The summed E-state index contributed by atoms with van der Waals surface area (Å²) < 4.78 is 28.7. The summed E-state index contributed by atoms with van der Waals surface area (Å²) in [7, 11) is -2.67. The van der Waals surface area contributed by atoms with E-state index in [2.05, 4.69) is 15.3 Å². The van der Waals surface area contributed by atoms with Gasteiger partial charge in [0.2, 0.25) is 10.0 Å². The molecule has 0 aliphatic rings. The molecule has 2 aromatic carbocycles.